The molecule has 1 heterocycles. The molecule has 0 aliphatic rings. The fraction of sp³-hybridized carbons (Fsp3) is 0.188. The molecule has 0 amide bonds. The van der Waals surface area contributed by atoms with Crippen LogP contribution in [0, 0.1) is 18.3 Å². The minimum absolute atomic E-state index is 0.0887. The van der Waals surface area contributed by atoms with Gasteiger partial charge in [-0.3, -0.25) is 4.79 Å². The molecule has 0 spiro atoms. The van der Waals surface area contributed by atoms with Gasteiger partial charge in [-0.2, -0.15) is 5.26 Å². The molecule has 124 valence electrons. The molecule has 2 aromatic rings. The van der Waals surface area contributed by atoms with E-state index >= 15 is 0 Å². The maximum absolute atomic E-state index is 12.0. The lowest BCUT2D eigenvalue weighted by Crippen LogP contribution is -2.14. The maximum atomic E-state index is 12.0. The van der Waals surface area contributed by atoms with Crippen molar-refractivity contribution in [1.82, 2.24) is 4.98 Å². The molecule has 2 N–H and O–H groups in total. The number of nitrogens with zero attached hydrogens (tertiary/aromatic N) is 1. The van der Waals surface area contributed by atoms with E-state index in [0.29, 0.717) is 11.3 Å². The first-order valence-corrected chi connectivity index (χ1v) is 7.11. The highest BCUT2D eigenvalue weighted by atomic mass is 35.5. The molecule has 24 heavy (non-hydrogen) atoms. The number of carboxylic acids is 1. The van der Waals surface area contributed by atoms with Crippen molar-refractivity contribution in [2.24, 2.45) is 0 Å². The van der Waals surface area contributed by atoms with E-state index in [0.717, 1.165) is 0 Å². The summed E-state index contributed by atoms with van der Waals surface area (Å²) in [5.74, 6) is -0.896. The molecule has 0 aliphatic carbocycles. The van der Waals surface area contributed by atoms with Crippen molar-refractivity contribution in [3.05, 3.63) is 44.8 Å². The zero-order chi connectivity index (χ0) is 17.9. The summed E-state index contributed by atoms with van der Waals surface area (Å²) in [5.41, 5.74) is 0.407. The van der Waals surface area contributed by atoms with Gasteiger partial charge in [-0.05, 0) is 19.1 Å². The molecule has 0 atom stereocenters. The average molecular weight is 349 g/mol. The number of carbonyl (C=O) groups is 1. The fourth-order valence-electron chi connectivity index (χ4n) is 2.22. The van der Waals surface area contributed by atoms with Crippen LogP contribution in [0.5, 0.6) is 11.5 Å². The third-order valence-corrected chi connectivity index (χ3v) is 3.37. The number of benzene rings is 1. The van der Waals surface area contributed by atoms with E-state index in [-0.39, 0.29) is 27.6 Å². The number of hydrogen-bond donors (Lipinski definition) is 2. The summed E-state index contributed by atoms with van der Waals surface area (Å²) in [6.07, 6.45) is 0. The van der Waals surface area contributed by atoms with Crippen LogP contribution in [0.1, 0.15) is 11.3 Å². The fourth-order valence-corrected chi connectivity index (χ4v) is 2.42. The van der Waals surface area contributed by atoms with E-state index in [4.69, 9.17) is 26.2 Å². The number of nitrogens with one attached hydrogen (secondary N) is 1. The number of nitriles is 1. The lowest BCUT2D eigenvalue weighted by Gasteiger charge is -2.16. The second kappa shape index (κ2) is 7.06. The number of aliphatic carboxylic acids is 1. The average Bonchev–Trinajstić information content (AvgIpc) is 2.51. The Morgan fingerprint density at radius 2 is 2.08 bits per heavy atom. The Kier molecular flexibility index (Phi) is 5.11. The number of aromatic nitrogens is 1. The van der Waals surface area contributed by atoms with Crippen LogP contribution in [-0.2, 0) is 4.79 Å². The standard InChI is InChI=1S/C16H13ClN2O5/c1-8-3-10(12(6-18)16(22)19-8)11-4-9(17)5-13(23-2)15(11)24-7-14(20)21/h3-5H,7H2,1-2H3,(H,19,22)(H,20,21). The summed E-state index contributed by atoms with van der Waals surface area (Å²) < 4.78 is 10.5. The Morgan fingerprint density at radius 3 is 2.67 bits per heavy atom. The van der Waals surface area contributed by atoms with Crippen molar-refractivity contribution in [1.29, 1.82) is 5.26 Å². The van der Waals surface area contributed by atoms with E-state index in [9.17, 15) is 14.9 Å². The molecule has 0 radical (unpaired) electrons. The normalized spacial score (nSPS) is 10.1. The van der Waals surface area contributed by atoms with Crippen LogP contribution in [0.4, 0.5) is 0 Å². The van der Waals surface area contributed by atoms with Crippen molar-refractivity contribution in [2.45, 2.75) is 6.92 Å². The zero-order valence-corrected chi connectivity index (χ0v) is 13.6. The Morgan fingerprint density at radius 1 is 1.38 bits per heavy atom. The number of H-pyrrole nitrogens is 1. The molecule has 8 heteroatoms. The predicted octanol–water partition coefficient (Wildman–Crippen LogP) is 2.35. The SMILES string of the molecule is COc1cc(Cl)cc(-c2cc(C)[nH]c(=O)c2C#N)c1OCC(=O)O. The van der Waals surface area contributed by atoms with Crippen molar-refractivity contribution in [3.8, 4) is 28.7 Å². The Balaban J connectivity index is 2.79. The van der Waals surface area contributed by atoms with E-state index < -0.39 is 18.1 Å². The van der Waals surface area contributed by atoms with Gasteiger partial charge in [-0.15, -0.1) is 0 Å². The number of halogens is 1. The summed E-state index contributed by atoms with van der Waals surface area (Å²) in [6, 6.07) is 6.36. The van der Waals surface area contributed by atoms with Crippen molar-refractivity contribution in [2.75, 3.05) is 13.7 Å². The Hall–Kier alpha value is -2.98. The van der Waals surface area contributed by atoms with E-state index in [2.05, 4.69) is 4.98 Å². The molecular formula is C16H13ClN2O5. The Labute approximate surface area is 142 Å². The van der Waals surface area contributed by atoms with Gasteiger partial charge in [0, 0.05) is 27.9 Å². The number of rotatable bonds is 5. The minimum atomic E-state index is -1.18. The third kappa shape index (κ3) is 3.50. The van der Waals surface area contributed by atoms with Gasteiger partial charge < -0.3 is 19.6 Å². The van der Waals surface area contributed by atoms with Gasteiger partial charge in [0.05, 0.1) is 7.11 Å². The number of ether oxygens (including phenoxy) is 2. The van der Waals surface area contributed by atoms with Crippen molar-refractivity contribution < 1.29 is 19.4 Å². The first-order valence-electron chi connectivity index (χ1n) is 6.74. The topological polar surface area (TPSA) is 112 Å². The van der Waals surface area contributed by atoms with E-state index in [1.165, 1.54) is 19.2 Å². The molecule has 0 fully saturated rings. The predicted molar refractivity (Wildman–Crippen MR) is 86.6 cm³/mol. The molecule has 7 nitrogen and oxygen atoms in total. The summed E-state index contributed by atoms with van der Waals surface area (Å²) in [4.78, 5) is 25.4. The maximum Gasteiger partial charge on any atom is 0.341 e. The van der Waals surface area contributed by atoms with Crippen LogP contribution < -0.4 is 15.0 Å². The summed E-state index contributed by atoms with van der Waals surface area (Å²) in [7, 11) is 1.37. The number of methoxy groups -OCH3 is 1. The zero-order valence-electron chi connectivity index (χ0n) is 12.8. The van der Waals surface area contributed by atoms with Gasteiger partial charge in [0.25, 0.3) is 5.56 Å². The highest BCUT2D eigenvalue weighted by Gasteiger charge is 2.20. The molecular weight excluding hydrogens is 336 g/mol. The number of aryl methyl sites for hydroxylation is 1. The second-order valence-corrected chi connectivity index (χ2v) is 5.29. The smallest absolute Gasteiger partial charge is 0.341 e. The van der Waals surface area contributed by atoms with Gasteiger partial charge in [0.1, 0.15) is 11.6 Å². The number of pyridine rings is 1. The summed E-state index contributed by atoms with van der Waals surface area (Å²) >= 11 is 6.07. The van der Waals surface area contributed by atoms with Gasteiger partial charge in [0.2, 0.25) is 0 Å². The van der Waals surface area contributed by atoms with Gasteiger partial charge >= 0.3 is 5.97 Å². The Bertz CT molecular complexity index is 899. The van der Waals surface area contributed by atoms with Crippen LogP contribution in [0.15, 0.2) is 23.0 Å². The summed E-state index contributed by atoms with van der Waals surface area (Å²) in [5, 5.41) is 18.4. The highest BCUT2D eigenvalue weighted by Crippen LogP contribution is 2.41. The van der Waals surface area contributed by atoms with E-state index in [1.807, 2.05) is 6.07 Å². The van der Waals surface area contributed by atoms with Crippen LogP contribution in [0.2, 0.25) is 5.02 Å². The van der Waals surface area contributed by atoms with Crippen LogP contribution in [0.3, 0.4) is 0 Å². The van der Waals surface area contributed by atoms with Crippen molar-refractivity contribution in [3.63, 3.8) is 0 Å². The second-order valence-electron chi connectivity index (χ2n) is 4.85. The monoisotopic (exact) mass is 348 g/mol. The molecule has 1 aromatic heterocycles. The molecule has 0 bridgehead atoms. The first kappa shape index (κ1) is 17.4. The van der Waals surface area contributed by atoms with Crippen LogP contribution in [0.25, 0.3) is 11.1 Å². The number of aromatic amines is 1. The largest absolute Gasteiger partial charge is 0.493 e. The number of carboxylic acid groups (broad SMARTS) is 1. The minimum Gasteiger partial charge on any atom is -0.493 e. The highest BCUT2D eigenvalue weighted by molar-refractivity contribution is 6.31. The van der Waals surface area contributed by atoms with Gasteiger partial charge in [-0.25, -0.2) is 4.79 Å². The summed E-state index contributed by atoms with van der Waals surface area (Å²) in [6.45, 7) is 1.04. The quantitative estimate of drug-likeness (QED) is 0.857. The molecule has 2 rings (SSSR count). The van der Waals surface area contributed by atoms with Gasteiger partial charge in [-0.1, -0.05) is 11.6 Å². The van der Waals surface area contributed by atoms with Crippen molar-refractivity contribution >= 4 is 17.6 Å². The molecule has 0 saturated carbocycles. The van der Waals surface area contributed by atoms with Crippen LogP contribution >= 0.6 is 11.6 Å². The first-order chi connectivity index (χ1) is 11.4. The molecule has 0 unspecified atom stereocenters. The molecule has 0 saturated heterocycles. The molecule has 0 aliphatic heterocycles. The lowest BCUT2D eigenvalue weighted by atomic mass is 9.99. The number of hydrogen-bond acceptors (Lipinski definition) is 5. The van der Waals surface area contributed by atoms with E-state index in [1.54, 1.807) is 13.0 Å². The molecule has 1 aromatic carbocycles. The lowest BCUT2D eigenvalue weighted by molar-refractivity contribution is -0.139. The van der Waals surface area contributed by atoms with Gasteiger partial charge in [0.15, 0.2) is 18.1 Å². The third-order valence-electron chi connectivity index (χ3n) is 3.15. The van der Waals surface area contributed by atoms with Crippen LogP contribution in [-0.4, -0.2) is 29.8 Å².